The number of rotatable bonds is 12. The highest BCUT2D eigenvalue weighted by molar-refractivity contribution is 7.86. The average Bonchev–Trinajstić information content (AvgIpc) is 2.79. The van der Waals surface area contributed by atoms with E-state index in [1.165, 1.54) is 77.0 Å². The Balaban J connectivity index is 0.000000158. The first kappa shape index (κ1) is 30.2. The molecule has 0 aliphatic heterocycles. The van der Waals surface area contributed by atoms with Gasteiger partial charge in [0.1, 0.15) is 0 Å². The molecule has 8 bridgehead atoms. The summed E-state index contributed by atoms with van der Waals surface area (Å²) >= 11 is 0. The van der Waals surface area contributed by atoms with Gasteiger partial charge >= 0.3 is 0 Å². The maximum atomic E-state index is 10.7. The fraction of sp³-hybridized carbons (Fsp3) is 1.00. The smallest absolute Gasteiger partial charge is 0.264 e. The van der Waals surface area contributed by atoms with Crippen molar-refractivity contribution in [1.29, 1.82) is 0 Å². The van der Waals surface area contributed by atoms with Gasteiger partial charge in [0.05, 0.1) is 11.5 Å². The predicted molar refractivity (Wildman–Crippen MR) is 154 cm³/mol. The average molecular weight is 589 g/mol. The lowest BCUT2D eigenvalue weighted by Crippen LogP contribution is -2.55. The van der Waals surface area contributed by atoms with Crippen molar-refractivity contribution in [2.75, 3.05) is 31.1 Å². The van der Waals surface area contributed by atoms with Gasteiger partial charge in [-0.05, 0) is 156 Å². The van der Waals surface area contributed by atoms with Gasteiger partial charge in [-0.15, -0.1) is 0 Å². The van der Waals surface area contributed by atoms with E-state index in [2.05, 4.69) is 17.6 Å². The van der Waals surface area contributed by atoms with Crippen molar-refractivity contribution < 1.29 is 25.9 Å². The minimum atomic E-state index is -3.81. The molecule has 0 saturated heterocycles. The Morgan fingerprint density at radius 1 is 0.667 bits per heavy atom. The number of hydrogen-bond acceptors (Lipinski definition) is 6. The molecule has 10 heteroatoms. The van der Waals surface area contributed by atoms with Crippen molar-refractivity contribution in [2.24, 2.45) is 46.3 Å². The van der Waals surface area contributed by atoms with Gasteiger partial charge in [-0.3, -0.25) is 9.11 Å². The lowest BCUT2D eigenvalue weighted by atomic mass is 9.48. The summed E-state index contributed by atoms with van der Waals surface area (Å²) in [6.07, 6.45) is 18.0. The van der Waals surface area contributed by atoms with E-state index >= 15 is 0 Å². The highest BCUT2D eigenvalue weighted by Crippen LogP contribution is 2.61. The second-order valence-corrected chi connectivity index (χ2v) is 18.0. The summed E-state index contributed by atoms with van der Waals surface area (Å²) in [7, 11) is -7.60. The molecule has 8 nitrogen and oxygen atoms in total. The second-order valence-electron chi connectivity index (χ2n) is 14.8. The van der Waals surface area contributed by atoms with Crippen molar-refractivity contribution >= 4 is 20.2 Å². The van der Waals surface area contributed by atoms with E-state index in [-0.39, 0.29) is 11.5 Å². The van der Waals surface area contributed by atoms with Crippen molar-refractivity contribution in [3.8, 4) is 0 Å². The highest BCUT2D eigenvalue weighted by Gasteiger charge is 2.53. The van der Waals surface area contributed by atoms with Gasteiger partial charge in [0.2, 0.25) is 0 Å². The zero-order valence-corrected chi connectivity index (χ0v) is 25.5. The third-order valence-electron chi connectivity index (χ3n) is 11.5. The fourth-order valence-electron chi connectivity index (χ4n) is 10.7. The van der Waals surface area contributed by atoms with E-state index in [1.54, 1.807) is 0 Å². The molecule has 8 fully saturated rings. The molecule has 0 aromatic heterocycles. The van der Waals surface area contributed by atoms with Gasteiger partial charge < -0.3 is 10.6 Å². The van der Waals surface area contributed by atoms with Gasteiger partial charge in [-0.25, -0.2) is 0 Å². The molecule has 0 aromatic rings. The molecule has 226 valence electrons. The molecule has 8 saturated carbocycles. The molecule has 8 aliphatic carbocycles. The lowest BCUT2D eigenvalue weighted by Gasteiger charge is -2.59. The summed E-state index contributed by atoms with van der Waals surface area (Å²) in [6, 6.07) is 0.470. The fourth-order valence-corrected chi connectivity index (χ4v) is 11.8. The Morgan fingerprint density at radius 2 is 1.05 bits per heavy atom. The van der Waals surface area contributed by atoms with Crippen LogP contribution in [-0.2, 0) is 20.2 Å². The molecule has 1 unspecified atom stereocenters. The minimum Gasteiger partial charge on any atom is -0.316 e. The Bertz CT molecular complexity index is 989. The predicted octanol–water partition coefficient (Wildman–Crippen LogP) is 4.53. The maximum absolute atomic E-state index is 10.7. The maximum Gasteiger partial charge on any atom is 0.264 e. The van der Waals surface area contributed by atoms with Gasteiger partial charge in [-0.2, -0.15) is 16.8 Å². The highest BCUT2D eigenvalue weighted by atomic mass is 32.2. The zero-order valence-electron chi connectivity index (χ0n) is 23.8. The Morgan fingerprint density at radius 3 is 1.46 bits per heavy atom. The first-order valence-electron chi connectivity index (χ1n) is 15.6. The quantitative estimate of drug-likeness (QED) is 0.193. The summed E-state index contributed by atoms with van der Waals surface area (Å²) < 4.78 is 60.2. The van der Waals surface area contributed by atoms with E-state index in [1.807, 2.05) is 0 Å². The molecular formula is C29H52N2O6S2. The van der Waals surface area contributed by atoms with Gasteiger partial charge in [0.15, 0.2) is 0 Å². The van der Waals surface area contributed by atoms with Crippen molar-refractivity contribution in [3.05, 3.63) is 0 Å². The van der Waals surface area contributed by atoms with Crippen LogP contribution in [0.2, 0.25) is 0 Å². The van der Waals surface area contributed by atoms with Crippen LogP contribution in [0.1, 0.15) is 96.8 Å². The van der Waals surface area contributed by atoms with Crippen LogP contribution < -0.4 is 10.6 Å². The molecule has 0 heterocycles. The van der Waals surface area contributed by atoms with E-state index < -0.39 is 20.2 Å². The van der Waals surface area contributed by atoms with Crippen LogP contribution in [0.4, 0.5) is 0 Å². The van der Waals surface area contributed by atoms with Crippen molar-refractivity contribution in [3.63, 3.8) is 0 Å². The van der Waals surface area contributed by atoms with Crippen LogP contribution in [0.3, 0.4) is 0 Å². The molecule has 1 atom stereocenters. The van der Waals surface area contributed by atoms with Crippen LogP contribution in [0.25, 0.3) is 0 Å². The second kappa shape index (κ2) is 11.8. The van der Waals surface area contributed by atoms with Crippen molar-refractivity contribution in [1.82, 2.24) is 10.6 Å². The van der Waals surface area contributed by atoms with Crippen molar-refractivity contribution in [2.45, 2.75) is 103 Å². The molecule has 8 aliphatic rings. The minimum absolute atomic E-state index is 0.124. The van der Waals surface area contributed by atoms with Gasteiger partial charge in [0.25, 0.3) is 20.2 Å². The third kappa shape index (κ3) is 7.98. The summed E-state index contributed by atoms with van der Waals surface area (Å²) in [5.41, 5.74) is 0.972. The third-order valence-corrected chi connectivity index (χ3v) is 13.1. The molecule has 0 amide bonds. The first-order valence-corrected chi connectivity index (χ1v) is 18.9. The van der Waals surface area contributed by atoms with Crippen LogP contribution >= 0.6 is 0 Å². The van der Waals surface area contributed by atoms with Crippen LogP contribution in [0.15, 0.2) is 0 Å². The van der Waals surface area contributed by atoms with Crippen LogP contribution in [-0.4, -0.2) is 63.1 Å². The normalized spacial score (nSPS) is 40.9. The summed E-state index contributed by atoms with van der Waals surface area (Å²) in [5.74, 6) is 5.48. The summed E-state index contributed by atoms with van der Waals surface area (Å²) in [4.78, 5) is 0. The molecule has 4 N–H and O–H groups in total. The van der Waals surface area contributed by atoms with E-state index in [0.717, 1.165) is 42.1 Å². The molecule has 8 rings (SSSR count). The monoisotopic (exact) mass is 588 g/mol. The lowest BCUT2D eigenvalue weighted by molar-refractivity contribution is -0.0702. The van der Waals surface area contributed by atoms with E-state index in [0.29, 0.717) is 42.8 Å². The first-order chi connectivity index (χ1) is 18.3. The topological polar surface area (TPSA) is 133 Å². The van der Waals surface area contributed by atoms with Crippen LogP contribution in [0.5, 0.6) is 0 Å². The SMILES string of the molecule is CC(NCCCS(=O)(=O)O)C12CC3CC(CC(C3)C1)C2.O=S(=O)(O)CCCNCC12CC3CC(CC(C3)C1)C2. The molecule has 39 heavy (non-hydrogen) atoms. The number of nitrogens with one attached hydrogen (secondary N) is 2. The molecular weight excluding hydrogens is 536 g/mol. The Hall–Kier alpha value is -0.260. The Labute approximate surface area is 236 Å². The molecule has 0 spiro atoms. The van der Waals surface area contributed by atoms with Gasteiger partial charge in [-0.1, -0.05) is 0 Å². The largest absolute Gasteiger partial charge is 0.316 e. The summed E-state index contributed by atoms with van der Waals surface area (Å²) in [6.45, 7) is 4.70. The number of hydrogen-bond donors (Lipinski definition) is 4. The summed E-state index contributed by atoms with van der Waals surface area (Å²) in [5, 5.41) is 6.98. The zero-order chi connectivity index (χ0) is 27.9. The molecule has 0 radical (unpaired) electrons. The molecule has 0 aromatic carbocycles. The van der Waals surface area contributed by atoms with E-state index in [9.17, 15) is 16.8 Å². The van der Waals surface area contributed by atoms with E-state index in [4.69, 9.17) is 9.11 Å². The Kier molecular flexibility index (Phi) is 9.13. The van der Waals surface area contributed by atoms with Crippen LogP contribution in [0, 0.1) is 46.3 Å². The van der Waals surface area contributed by atoms with Gasteiger partial charge in [0, 0.05) is 12.6 Å². The standard InChI is InChI=1S/C15H27NO3S.C14H25NO3S/c1-11(16-3-2-4-20(17,18)19)15-8-12-5-13(9-15)7-14(6-12)10-15;16-19(17,18)3-1-2-15-10-14-7-11-4-12(8-14)6-13(5-11)9-14/h11-14,16H,2-10H2,1H3,(H,17,18,19);11-13,15H,1-10H2,(H,16,17,18).